The van der Waals surface area contributed by atoms with E-state index >= 15 is 0 Å². The highest BCUT2D eigenvalue weighted by molar-refractivity contribution is 5.83. The van der Waals surface area contributed by atoms with Crippen LogP contribution in [0, 0.1) is 12.3 Å². The molecule has 0 aliphatic heterocycles. The topological polar surface area (TPSA) is 17.0 Å². The van der Waals surface area contributed by atoms with Crippen LogP contribution in [0.1, 0.15) is 32.3 Å². The molecule has 0 amide bonds. The highest BCUT2D eigenvalue weighted by Gasteiger charge is 2.07. The van der Waals surface area contributed by atoms with E-state index in [4.69, 9.17) is 6.42 Å². The zero-order valence-electron chi connectivity index (χ0n) is 11.8. The summed E-state index contributed by atoms with van der Waals surface area (Å²) in [6.45, 7) is 6.25. The van der Waals surface area contributed by atoms with Crippen molar-refractivity contribution in [2.24, 2.45) is 0 Å². The molecule has 19 heavy (non-hydrogen) atoms. The molecule has 2 rings (SSSR count). The maximum atomic E-state index is 5.32. The Balaban J connectivity index is 2.24. The van der Waals surface area contributed by atoms with E-state index in [0.29, 0.717) is 6.04 Å². The molecule has 1 N–H and O–H groups in total. The Hall–Kier alpha value is -1.72. The van der Waals surface area contributed by atoms with E-state index < -0.39 is 0 Å². The number of fused-ring (bicyclic) bond motifs is 1. The van der Waals surface area contributed by atoms with Gasteiger partial charge < -0.3 is 9.88 Å². The number of unbranched alkanes of at least 4 members (excludes halogenated alkanes) is 1. The lowest BCUT2D eigenvalue weighted by Crippen LogP contribution is -2.21. The van der Waals surface area contributed by atoms with E-state index in [-0.39, 0.29) is 0 Å². The first kappa shape index (κ1) is 13.7. The van der Waals surface area contributed by atoms with Gasteiger partial charge in [0.2, 0.25) is 0 Å². The quantitative estimate of drug-likeness (QED) is 0.616. The first-order chi connectivity index (χ1) is 9.22. The normalized spacial score (nSPS) is 11.1. The van der Waals surface area contributed by atoms with Gasteiger partial charge in [-0.2, -0.15) is 0 Å². The van der Waals surface area contributed by atoms with Gasteiger partial charge in [0.15, 0.2) is 0 Å². The fraction of sp³-hybridized carbons (Fsp3) is 0.412. The van der Waals surface area contributed by atoms with Crippen LogP contribution >= 0.6 is 0 Å². The van der Waals surface area contributed by atoms with Crippen LogP contribution in [-0.2, 0) is 13.1 Å². The molecule has 1 aromatic carbocycles. The van der Waals surface area contributed by atoms with Crippen molar-refractivity contribution in [1.29, 1.82) is 0 Å². The van der Waals surface area contributed by atoms with Crippen LogP contribution in [-0.4, -0.2) is 10.6 Å². The molecule has 0 saturated carbocycles. The van der Waals surface area contributed by atoms with Crippen molar-refractivity contribution >= 4 is 10.9 Å². The third kappa shape index (κ3) is 3.39. The largest absolute Gasteiger partial charge is 0.347 e. The maximum Gasteiger partial charge on any atom is 0.0483 e. The predicted octanol–water partition coefficient (Wildman–Crippen LogP) is 3.55. The number of aryl methyl sites for hydroxylation is 1. The number of hydrogen-bond acceptors (Lipinski definition) is 1. The lowest BCUT2D eigenvalue weighted by Gasteiger charge is -2.06. The Kier molecular flexibility index (Phi) is 4.65. The molecule has 0 spiro atoms. The van der Waals surface area contributed by atoms with Gasteiger partial charge in [0, 0.05) is 42.7 Å². The number of aromatic nitrogens is 1. The minimum absolute atomic E-state index is 0.503. The van der Waals surface area contributed by atoms with Crippen LogP contribution < -0.4 is 5.32 Å². The minimum atomic E-state index is 0.503. The summed E-state index contributed by atoms with van der Waals surface area (Å²) in [7, 11) is 0. The highest BCUT2D eigenvalue weighted by atomic mass is 15.0. The standard InChI is InChI=1S/C17H22N2/c1-4-5-8-11-19-13-15(12-18-14(2)3)16-9-6-7-10-17(16)19/h1,6-7,9-10,13-14,18H,5,8,11-12H2,2-3H3. The van der Waals surface area contributed by atoms with Crippen molar-refractivity contribution < 1.29 is 0 Å². The van der Waals surface area contributed by atoms with Gasteiger partial charge >= 0.3 is 0 Å². The molecule has 0 fully saturated rings. The van der Waals surface area contributed by atoms with Crippen LogP contribution in [0.3, 0.4) is 0 Å². The summed E-state index contributed by atoms with van der Waals surface area (Å²) in [6.07, 6.45) is 9.46. The third-order valence-electron chi connectivity index (χ3n) is 3.29. The number of nitrogens with one attached hydrogen (secondary N) is 1. The highest BCUT2D eigenvalue weighted by Crippen LogP contribution is 2.21. The lowest BCUT2D eigenvalue weighted by atomic mass is 10.1. The second-order valence-electron chi connectivity index (χ2n) is 5.21. The van der Waals surface area contributed by atoms with Crippen molar-refractivity contribution in [3.05, 3.63) is 36.0 Å². The summed E-state index contributed by atoms with van der Waals surface area (Å²) >= 11 is 0. The summed E-state index contributed by atoms with van der Waals surface area (Å²) in [4.78, 5) is 0. The van der Waals surface area contributed by atoms with Crippen LogP contribution in [0.2, 0.25) is 0 Å². The lowest BCUT2D eigenvalue weighted by molar-refractivity contribution is 0.588. The molecule has 100 valence electrons. The van der Waals surface area contributed by atoms with Gasteiger partial charge in [0.1, 0.15) is 0 Å². The number of hydrogen-bond donors (Lipinski definition) is 1. The summed E-state index contributed by atoms with van der Waals surface area (Å²) in [5, 5.41) is 4.83. The Morgan fingerprint density at radius 1 is 1.32 bits per heavy atom. The van der Waals surface area contributed by atoms with E-state index in [1.165, 1.54) is 16.5 Å². The molecule has 0 aliphatic rings. The summed E-state index contributed by atoms with van der Waals surface area (Å²) in [5.41, 5.74) is 2.67. The van der Waals surface area contributed by atoms with Crippen molar-refractivity contribution in [3.8, 4) is 12.3 Å². The number of terminal acetylenes is 1. The summed E-state index contributed by atoms with van der Waals surface area (Å²) in [5.74, 6) is 2.71. The molecule has 2 aromatic rings. The minimum Gasteiger partial charge on any atom is -0.347 e. The third-order valence-corrected chi connectivity index (χ3v) is 3.29. The van der Waals surface area contributed by atoms with E-state index in [1.807, 2.05) is 0 Å². The molecule has 0 aliphatic carbocycles. The number of nitrogens with zero attached hydrogens (tertiary/aromatic N) is 1. The van der Waals surface area contributed by atoms with Gasteiger partial charge in [-0.3, -0.25) is 0 Å². The molecule has 0 atom stereocenters. The molecule has 0 bridgehead atoms. The van der Waals surface area contributed by atoms with E-state index in [1.54, 1.807) is 0 Å². The SMILES string of the molecule is C#CCCCn1cc(CNC(C)C)c2ccccc21. The first-order valence-corrected chi connectivity index (χ1v) is 6.96. The van der Waals surface area contributed by atoms with E-state index in [9.17, 15) is 0 Å². The van der Waals surface area contributed by atoms with Gasteiger partial charge in [-0.15, -0.1) is 12.3 Å². The van der Waals surface area contributed by atoms with Gasteiger partial charge in [0.25, 0.3) is 0 Å². The Bertz CT molecular complexity index is 572. The van der Waals surface area contributed by atoms with Crippen LogP contribution in [0.15, 0.2) is 30.5 Å². The smallest absolute Gasteiger partial charge is 0.0483 e. The second kappa shape index (κ2) is 6.45. The average Bonchev–Trinajstić information content (AvgIpc) is 2.76. The molecular formula is C17H22N2. The van der Waals surface area contributed by atoms with Crippen LogP contribution in [0.25, 0.3) is 10.9 Å². The zero-order chi connectivity index (χ0) is 13.7. The average molecular weight is 254 g/mol. The fourth-order valence-electron chi connectivity index (χ4n) is 2.31. The molecule has 2 nitrogen and oxygen atoms in total. The van der Waals surface area contributed by atoms with Gasteiger partial charge in [0.05, 0.1) is 0 Å². The van der Waals surface area contributed by atoms with Crippen LogP contribution in [0.5, 0.6) is 0 Å². The predicted molar refractivity (Wildman–Crippen MR) is 82.0 cm³/mol. The molecule has 0 unspecified atom stereocenters. The monoisotopic (exact) mass is 254 g/mol. The molecule has 0 radical (unpaired) electrons. The number of rotatable bonds is 6. The van der Waals surface area contributed by atoms with Gasteiger partial charge in [-0.05, 0) is 18.1 Å². The number of benzene rings is 1. The van der Waals surface area contributed by atoms with Crippen molar-refractivity contribution in [2.45, 2.75) is 45.8 Å². The van der Waals surface area contributed by atoms with Crippen molar-refractivity contribution in [1.82, 2.24) is 9.88 Å². The van der Waals surface area contributed by atoms with Crippen LogP contribution in [0.4, 0.5) is 0 Å². The maximum absolute atomic E-state index is 5.32. The molecule has 0 saturated heterocycles. The van der Waals surface area contributed by atoms with E-state index in [2.05, 4.69) is 60.1 Å². The van der Waals surface area contributed by atoms with Gasteiger partial charge in [-0.25, -0.2) is 0 Å². The Morgan fingerprint density at radius 3 is 2.84 bits per heavy atom. The Morgan fingerprint density at radius 2 is 2.11 bits per heavy atom. The second-order valence-corrected chi connectivity index (χ2v) is 5.21. The number of para-hydroxylation sites is 1. The molecule has 2 heteroatoms. The first-order valence-electron chi connectivity index (χ1n) is 6.96. The summed E-state index contributed by atoms with van der Waals surface area (Å²) in [6, 6.07) is 9.09. The van der Waals surface area contributed by atoms with E-state index in [0.717, 1.165) is 25.9 Å². The van der Waals surface area contributed by atoms with Crippen molar-refractivity contribution in [2.75, 3.05) is 0 Å². The molecule has 1 aromatic heterocycles. The van der Waals surface area contributed by atoms with Crippen molar-refractivity contribution in [3.63, 3.8) is 0 Å². The molecule has 1 heterocycles. The zero-order valence-corrected chi connectivity index (χ0v) is 11.8. The fourth-order valence-corrected chi connectivity index (χ4v) is 2.31. The molecular weight excluding hydrogens is 232 g/mol. The Labute approximate surface area is 115 Å². The summed E-state index contributed by atoms with van der Waals surface area (Å²) < 4.78 is 2.32. The van der Waals surface area contributed by atoms with Gasteiger partial charge in [-0.1, -0.05) is 32.0 Å².